The molecule has 2 fully saturated rings. The van der Waals surface area contributed by atoms with Gasteiger partial charge in [0.2, 0.25) is 0 Å². The molecule has 4 atom stereocenters. The molecular formula is C10H19NO. The lowest BCUT2D eigenvalue weighted by Gasteiger charge is -2.42. The van der Waals surface area contributed by atoms with Crippen molar-refractivity contribution in [2.45, 2.75) is 57.2 Å². The molecular weight excluding hydrogens is 150 g/mol. The van der Waals surface area contributed by atoms with Crippen LogP contribution in [0.4, 0.5) is 0 Å². The average molecular weight is 169 g/mol. The molecule has 12 heavy (non-hydrogen) atoms. The van der Waals surface area contributed by atoms with E-state index in [1.807, 2.05) is 0 Å². The van der Waals surface area contributed by atoms with Crippen molar-refractivity contribution in [3.05, 3.63) is 0 Å². The van der Waals surface area contributed by atoms with Crippen LogP contribution < -0.4 is 5.32 Å². The first-order chi connectivity index (χ1) is 5.77. The molecule has 1 saturated carbocycles. The van der Waals surface area contributed by atoms with Crippen LogP contribution in [-0.4, -0.2) is 23.3 Å². The minimum absolute atomic E-state index is 0.0356. The summed E-state index contributed by atoms with van der Waals surface area (Å²) in [6.45, 7) is 2.17. The van der Waals surface area contributed by atoms with E-state index in [0.717, 1.165) is 6.42 Å². The first-order valence-corrected chi connectivity index (χ1v) is 5.21. The summed E-state index contributed by atoms with van der Waals surface area (Å²) >= 11 is 0. The van der Waals surface area contributed by atoms with E-state index in [4.69, 9.17) is 0 Å². The molecule has 2 rings (SSSR count). The number of piperidine rings is 1. The zero-order chi connectivity index (χ0) is 8.55. The van der Waals surface area contributed by atoms with E-state index in [-0.39, 0.29) is 6.10 Å². The van der Waals surface area contributed by atoms with Gasteiger partial charge in [-0.2, -0.15) is 0 Å². The Labute approximate surface area is 74.4 Å². The summed E-state index contributed by atoms with van der Waals surface area (Å²) in [5.74, 6) is 0.551. The van der Waals surface area contributed by atoms with Gasteiger partial charge in [-0.1, -0.05) is 12.8 Å². The number of hydrogen-bond acceptors (Lipinski definition) is 2. The molecule has 2 aliphatic rings. The van der Waals surface area contributed by atoms with Gasteiger partial charge in [0.15, 0.2) is 0 Å². The minimum Gasteiger partial charge on any atom is -0.393 e. The normalized spacial score (nSPS) is 48.5. The molecule has 0 unspecified atom stereocenters. The van der Waals surface area contributed by atoms with Crippen LogP contribution in [0.1, 0.15) is 39.0 Å². The van der Waals surface area contributed by atoms with Crippen molar-refractivity contribution < 1.29 is 5.11 Å². The van der Waals surface area contributed by atoms with Crippen molar-refractivity contribution in [3.63, 3.8) is 0 Å². The SMILES string of the molecule is C[C@@H]1C[C@H](O)[C@@H]2CCCC[C@@H]2N1. The lowest BCUT2D eigenvalue weighted by Crippen LogP contribution is -2.53. The average Bonchev–Trinajstić information content (AvgIpc) is 2.04. The van der Waals surface area contributed by atoms with E-state index in [9.17, 15) is 5.11 Å². The van der Waals surface area contributed by atoms with E-state index in [0.29, 0.717) is 18.0 Å². The van der Waals surface area contributed by atoms with Gasteiger partial charge in [0.25, 0.3) is 0 Å². The second kappa shape index (κ2) is 3.35. The van der Waals surface area contributed by atoms with Gasteiger partial charge in [-0.3, -0.25) is 0 Å². The van der Waals surface area contributed by atoms with Gasteiger partial charge in [-0.05, 0) is 26.2 Å². The Morgan fingerprint density at radius 3 is 2.83 bits per heavy atom. The molecule has 2 heteroatoms. The van der Waals surface area contributed by atoms with Crippen LogP contribution in [-0.2, 0) is 0 Å². The molecule has 1 heterocycles. The Bertz CT molecular complexity index is 160. The highest BCUT2D eigenvalue weighted by atomic mass is 16.3. The Hall–Kier alpha value is -0.0800. The predicted octanol–water partition coefficient (Wildman–Crippen LogP) is 1.29. The van der Waals surface area contributed by atoms with Crippen molar-refractivity contribution in [1.29, 1.82) is 0 Å². The van der Waals surface area contributed by atoms with Gasteiger partial charge < -0.3 is 10.4 Å². The number of rotatable bonds is 0. The number of fused-ring (bicyclic) bond motifs is 1. The standard InChI is InChI=1S/C10H19NO/c1-7-6-10(12)8-4-2-3-5-9(8)11-7/h7-12H,2-6H2,1H3/t7-,8-,9+,10+/m1/s1. The topological polar surface area (TPSA) is 32.3 Å². The van der Waals surface area contributed by atoms with Crippen molar-refractivity contribution in [2.75, 3.05) is 0 Å². The zero-order valence-corrected chi connectivity index (χ0v) is 7.79. The largest absolute Gasteiger partial charge is 0.393 e. The van der Waals surface area contributed by atoms with E-state index >= 15 is 0 Å². The minimum atomic E-state index is -0.0356. The molecule has 2 nitrogen and oxygen atoms in total. The first kappa shape index (κ1) is 8.52. The maximum Gasteiger partial charge on any atom is 0.0598 e. The van der Waals surface area contributed by atoms with Crippen molar-refractivity contribution in [1.82, 2.24) is 5.32 Å². The van der Waals surface area contributed by atoms with Crippen LogP contribution in [0.15, 0.2) is 0 Å². The second-order valence-corrected chi connectivity index (χ2v) is 4.43. The van der Waals surface area contributed by atoms with E-state index in [1.54, 1.807) is 0 Å². The van der Waals surface area contributed by atoms with Crippen molar-refractivity contribution >= 4 is 0 Å². The smallest absolute Gasteiger partial charge is 0.0598 e. The summed E-state index contributed by atoms with van der Waals surface area (Å²) < 4.78 is 0. The number of nitrogens with one attached hydrogen (secondary N) is 1. The number of hydrogen-bond donors (Lipinski definition) is 2. The molecule has 0 amide bonds. The summed E-state index contributed by atoms with van der Waals surface area (Å²) in [6.07, 6.45) is 6.06. The second-order valence-electron chi connectivity index (χ2n) is 4.43. The highest BCUT2D eigenvalue weighted by Gasteiger charge is 2.35. The molecule has 2 N–H and O–H groups in total. The maximum atomic E-state index is 9.83. The molecule has 0 spiro atoms. The highest BCUT2D eigenvalue weighted by Crippen LogP contribution is 2.32. The monoisotopic (exact) mass is 169 g/mol. The summed E-state index contributed by atoms with van der Waals surface area (Å²) in [6, 6.07) is 1.12. The molecule has 1 aliphatic heterocycles. The van der Waals surface area contributed by atoms with Crippen LogP contribution in [0.3, 0.4) is 0 Å². The Morgan fingerprint density at radius 1 is 1.25 bits per heavy atom. The van der Waals surface area contributed by atoms with E-state index in [1.165, 1.54) is 25.7 Å². The van der Waals surface area contributed by atoms with Crippen LogP contribution in [0.25, 0.3) is 0 Å². The van der Waals surface area contributed by atoms with Crippen LogP contribution in [0, 0.1) is 5.92 Å². The third-order valence-electron chi connectivity index (χ3n) is 3.41. The Kier molecular flexibility index (Phi) is 2.37. The van der Waals surface area contributed by atoms with Gasteiger partial charge in [0.1, 0.15) is 0 Å². The highest BCUT2D eigenvalue weighted by molar-refractivity contribution is 4.92. The summed E-state index contributed by atoms with van der Waals surface area (Å²) in [4.78, 5) is 0. The van der Waals surface area contributed by atoms with Crippen LogP contribution in [0.5, 0.6) is 0 Å². The molecule has 1 aliphatic carbocycles. The van der Waals surface area contributed by atoms with Gasteiger partial charge in [-0.15, -0.1) is 0 Å². The fourth-order valence-corrected chi connectivity index (χ4v) is 2.80. The molecule has 0 aromatic heterocycles. The lowest BCUT2D eigenvalue weighted by atomic mass is 9.76. The maximum absolute atomic E-state index is 9.83. The van der Waals surface area contributed by atoms with Gasteiger partial charge in [-0.25, -0.2) is 0 Å². The fraction of sp³-hybridized carbons (Fsp3) is 1.00. The van der Waals surface area contributed by atoms with E-state index < -0.39 is 0 Å². The van der Waals surface area contributed by atoms with Crippen molar-refractivity contribution in [3.8, 4) is 0 Å². The molecule has 1 saturated heterocycles. The fourth-order valence-electron chi connectivity index (χ4n) is 2.80. The van der Waals surface area contributed by atoms with Crippen molar-refractivity contribution in [2.24, 2.45) is 5.92 Å². The molecule has 0 bridgehead atoms. The summed E-state index contributed by atoms with van der Waals surface area (Å²) in [7, 11) is 0. The van der Waals surface area contributed by atoms with Gasteiger partial charge in [0.05, 0.1) is 6.10 Å². The number of aliphatic hydroxyl groups is 1. The van der Waals surface area contributed by atoms with Crippen LogP contribution >= 0.6 is 0 Å². The molecule has 0 radical (unpaired) electrons. The summed E-state index contributed by atoms with van der Waals surface area (Å²) in [5.41, 5.74) is 0. The number of aliphatic hydroxyl groups excluding tert-OH is 1. The zero-order valence-electron chi connectivity index (χ0n) is 7.79. The van der Waals surface area contributed by atoms with Crippen LogP contribution in [0.2, 0.25) is 0 Å². The van der Waals surface area contributed by atoms with E-state index in [2.05, 4.69) is 12.2 Å². The predicted molar refractivity (Wildman–Crippen MR) is 49.0 cm³/mol. The Balaban J connectivity index is 2.01. The molecule has 0 aromatic rings. The Morgan fingerprint density at radius 2 is 2.00 bits per heavy atom. The van der Waals surface area contributed by atoms with Gasteiger partial charge >= 0.3 is 0 Å². The molecule has 0 aromatic carbocycles. The summed E-state index contributed by atoms with van der Waals surface area (Å²) in [5, 5.41) is 13.4. The third kappa shape index (κ3) is 1.50. The van der Waals surface area contributed by atoms with Gasteiger partial charge in [0, 0.05) is 18.0 Å². The third-order valence-corrected chi connectivity index (χ3v) is 3.41. The lowest BCUT2D eigenvalue weighted by molar-refractivity contribution is 0.0163. The first-order valence-electron chi connectivity index (χ1n) is 5.21. The quantitative estimate of drug-likeness (QED) is 0.572. The molecule has 70 valence electrons.